The van der Waals surface area contributed by atoms with E-state index in [-0.39, 0.29) is 22.6 Å². The summed E-state index contributed by atoms with van der Waals surface area (Å²) in [6, 6.07) is 34.9. The smallest absolute Gasteiger partial charge is 0.254 e. The minimum absolute atomic E-state index is 0.0724. The van der Waals surface area contributed by atoms with Crippen LogP contribution in [0.25, 0.3) is 50.2 Å². The van der Waals surface area contributed by atoms with E-state index in [2.05, 4.69) is 105 Å². The Bertz CT molecular complexity index is 5010. The molecule has 14 heterocycles. The van der Waals surface area contributed by atoms with Gasteiger partial charge in [-0.05, 0) is 131 Å². The van der Waals surface area contributed by atoms with Gasteiger partial charge in [-0.15, -0.1) is 0 Å². The Hall–Kier alpha value is -11.5. The first-order valence-corrected chi connectivity index (χ1v) is 34.5. The van der Waals surface area contributed by atoms with Gasteiger partial charge in [0.15, 0.2) is 21.4 Å². The lowest BCUT2D eigenvalue weighted by atomic mass is 9.94. The van der Waals surface area contributed by atoms with Crippen LogP contribution in [0.15, 0.2) is 164 Å². The molecule has 0 spiro atoms. The third-order valence-electron chi connectivity index (χ3n) is 18.5. The molecular weight excluding hydrogens is 1260 g/mol. The summed E-state index contributed by atoms with van der Waals surface area (Å²) in [5.74, 6) is 3.15. The van der Waals surface area contributed by atoms with Crippen molar-refractivity contribution in [1.82, 2.24) is 65.5 Å². The molecule has 0 unspecified atom stereocenters. The summed E-state index contributed by atoms with van der Waals surface area (Å²) in [5.41, 5.74) is 16.7. The van der Waals surface area contributed by atoms with Gasteiger partial charge in [-0.1, -0.05) is 24.3 Å². The second-order valence-corrected chi connectivity index (χ2v) is 26.6. The number of nitrogens with zero attached hydrogens (tertiary/aromatic N) is 11. The Balaban J connectivity index is 0.000000120. The minimum atomic E-state index is -3.32. The van der Waals surface area contributed by atoms with Gasteiger partial charge in [-0.2, -0.15) is 0 Å². The van der Waals surface area contributed by atoms with Crippen LogP contribution in [0, 0.1) is 0 Å². The number of hydrogen-bond donors (Lipinski definition) is 8. The molecule has 0 saturated carbocycles. The van der Waals surface area contributed by atoms with Gasteiger partial charge < -0.3 is 66.5 Å². The maximum Gasteiger partial charge on any atom is 0.254 e. The molecular formula is C72H71N19O6S. The van der Waals surface area contributed by atoms with Crippen molar-refractivity contribution in [2.45, 2.75) is 31.0 Å². The zero-order chi connectivity index (χ0) is 67.0. The van der Waals surface area contributed by atoms with E-state index in [1.54, 1.807) is 18.5 Å². The van der Waals surface area contributed by atoms with Gasteiger partial charge in [-0.25, -0.2) is 38.3 Å². The van der Waals surface area contributed by atoms with E-state index < -0.39 is 9.84 Å². The van der Waals surface area contributed by atoms with Crippen LogP contribution in [0.3, 0.4) is 0 Å². The van der Waals surface area contributed by atoms with Gasteiger partial charge in [0, 0.05) is 133 Å². The number of aryl methyl sites for hydroxylation is 1. The topological polar surface area (TPSA) is 287 Å². The van der Waals surface area contributed by atoms with Crippen LogP contribution in [0.1, 0.15) is 54.2 Å². The number of imidazole rings is 1. The molecule has 17 rings (SSSR count). The number of nitrogens with one attached hydrogen (secondary N) is 8. The molecule has 26 heteroatoms. The van der Waals surface area contributed by atoms with Crippen molar-refractivity contribution >= 4 is 95.9 Å². The lowest BCUT2D eigenvalue weighted by Crippen LogP contribution is -2.43. The molecule has 6 aliphatic rings. The lowest BCUT2D eigenvalue weighted by Gasteiger charge is -2.29. The van der Waals surface area contributed by atoms with Crippen molar-refractivity contribution in [2.24, 2.45) is 7.05 Å². The number of amides is 3. The molecule has 6 aliphatic heterocycles. The number of sulfone groups is 1. The molecule has 0 atom stereocenters. The lowest BCUT2D eigenvalue weighted by molar-refractivity contribution is 0.0958. The maximum absolute atomic E-state index is 12.8. The summed E-state index contributed by atoms with van der Waals surface area (Å²) in [7, 11) is 0.639. The van der Waals surface area contributed by atoms with E-state index in [0.29, 0.717) is 60.3 Å². The molecule has 25 nitrogen and oxygen atoms in total. The van der Waals surface area contributed by atoms with Crippen molar-refractivity contribution < 1.29 is 27.5 Å². The van der Waals surface area contributed by atoms with Crippen molar-refractivity contribution in [2.75, 3.05) is 109 Å². The van der Waals surface area contributed by atoms with Gasteiger partial charge in [0.05, 0.1) is 80.9 Å². The van der Waals surface area contributed by atoms with Crippen LogP contribution in [-0.2, 0) is 36.5 Å². The first-order valence-electron chi connectivity index (χ1n) is 32.6. The number of ether oxygens (including phenoxy) is 1. The first-order chi connectivity index (χ1) is 47.8. The SMILES string of the molecule is CN1CCOc2c(-c3ccc(Nc4ccc(N5CCNCC5)cn4)c4c3CNC4=O)ccnc21.Cn1ccc2c(-c3ccc(Nc4ccc(S(C)(=O)=O)cn4)c4c3CNC4=O)ccnc21.O=C1NCc2c(-c3cnc4ccccn34)ccc(Nc3ccc(N4CCCNCC4)cn3)c21. The van der Waals surface area contributed by atoms with E-state index in [1.165, 1.54) is 12.3 Å². The molecule has 496 valence electrons. The molecule has 2 fully saturated rings. The number of likely N-dealkylation sites (N-methyl/N-ethyl adjacent to an activating group) is 1. The number of aromatic nitrogens is 8. The van der Waals surface area contributed by atoms with Gasteiger partial charge in [-0.3, -0.25) is 18.8 Å². The van der Waals surface area contributed by atoms with E-state index in [4.69, 9.17) is 4.74 Å². The molecule has 2 saturated heterocycles. The average Bonchev–Trinajstić information content (AvgIpc) is 1.52. The summed E-state index contributed by atoms with van der Waals surface area (Å²) in [6.45, 7) is 10.8. The highest BCUT2D eigenvalue weighted by atomic mass is 32.2. The largest absolute Gasteiger partial charge is 0.487 e. The molecule has 3 aromatic carbocycles. The van der Waals surface area contributed by atoms with Crippen LogP contribution in [0.5, 0.6) is 5.75 Å². The summed E-state index contributed by atoms with van der Waals surface area (Å²) in [4.78, 5) is 72.0. The Labute approximate surface area is 565 Å². The van der Waals surface area contributed by atoms with Crippen molar-refractivity contribution in [3.05, 3.63) is 192 Å². The monoisotopic (exact) mass is 1330 g/mol. The second kappa shape index (κ2) is 26.6. The molecule has 0 bridgehead atoms. The quantitative estimate of drug-likeness (QED) is 0.0568. The third kappa shape index (κ3) is 12.3. The molecule has 98 heavy (non-hydrogen) atoms. The van der Waals surface area contributed by atoms with Crippen LogP contribution < -0.4 is 62.0 Å². The molecule has 8 N–H and O–H groups in total. The molecule has 11 aromatic rings. The number of carbonyl (C=O) groups excluding carboxylic acids is 3. The standard InChI is InChI=1S/C25H27N7O2.C25H25N7O.C22H19N5O3S/c1-31-12-13-34-23-18(6-7-27-24(23)31)17-3-4-20(22-19(17)15-29-25(22)33)30-21-5-2-16(14-28-21)32-10-8-26-9-11-32;33-25-24-19(15-29-25)18(21-16-28-23-4-1-2-12-32(21)23)6-7-20(24)30-22-8-5-17(14-27-22)31-11-3-9-26-10-13-31;1-27-10-8-16-15(7-9-23-21(16)27)14-4-5-18(20-17(14)12-25-22(20)28)26-19-6-3-13(11-24-19)31(2,29)30/h2-7,14,26H,8-13,15H2,1H3,(H,28,30)(H,29,33);1-2,4-8,12,14,16,26H,3,9-11,13,15H2,(H,27,30)(H,29,33);3-11H,12H2,1-2H3,(H,24,26)(H,25,28). The fraction of sp³-hybridized carbons (Fsp3) is 0.236. The van der Waals surface area contributed by atoms with E-state index in [1.807, 2.05) is 133 Å². The third-order valence-corrected chi connectivity index (χ3v) is 19.6. The Morgan fingerprint density at radius 2 is 1.05 bits per heavy atom. The first kappa shape index (κ1) is 62.6. The summed E-state index contributed by atoms with van der Waals surface area (Å²) in [5, 5.41) is 26.5. The minimum Gasteiger partial charge on any atom is -0.487 e. The molecule has 3 amide bonds. The van der Waals surface area contributed by atoms with Crippen LogP contribution >= 0.6 is 0 Å². The zero-order valence-electron chi connectivity index (χ0n) is 54.2. The Morgan fingerprint density at radius 1 is 0.500 bits per heavy atom. The average molecular weight is 1330 g/mol. The fourth-order valence-corrected chi connectivity index (χ4v) is 14.1. The number of rotatable bonds is 12. The highest BCUT2D eigenvalue weighted by Gasteiger charge is 2.32. The Morgan fingerprint density at radius 3 is 1.64 bits per heavy atom. The zero-order valence-corrected chi connectivity index (χ0v) is 55.0. The number of benzene rings is 3. The van der Waals surface area contributed by atoms with Crippen molar-refractivity contribution in [1.29, 1.82) is 0 Å². The predicted molar refractivity (Wildman–Crippen MR) is 379 cm³/mol. The predicted octanol–water partition coefficient (Wildman–Crippen LogP) is 8.58. The van der Waals surface area contributed by atoms with Gasteiger partial charge in [0.2, 0.25) is 0 Å². The number of piperazine rings is 1. The summed E-state index contributed by atoms with van der Waals surface area (Å²) < 4.78 is 33.3. The van der Waals surface area contributed by atoms with E-state index in [0.717, 1.165) is 179 Å². The van der Waals surface area contributed by atoms with Crippen molar-refractivity contribution in [3.8, 4) is 39.3 Å². The van der Waals surface area contributed by atoms with Gasteiger partial charge in [0.1, 0.15) is 35.4 Å². The highest BCUT2D eigenvalue weighted by Crippen LogP contribution is 2.44. The Kier molecular flexibility index (Phi) is 17.0. The maximum atomic E-state index is 12.8. The molecule has 0 radical (unpaired) electrons. The number of hydrogen-bond acceptors (Lipinski definition) is 20. The fourth-order valence-electron chi connectivity index (χ4n) is 13.5. The van der Waals surface area contributed by atoms with Gasteiger partial charge >= 0.3 is 0 Å². The summed E-state index contributed by atoms with van der Waals surface area (Å²) in [6.07, 6.45) is 16.7. The van der Waals surface area contributed by atoms with Crippen LogP contribution in [0.2, 0.25) is 0 Å². The van der Waals surface area contributed by atoms with Crippen LogP contribution in [-0.4, -0.2) is 144 Å². The number of carbonyl (C=O) groups is 3. The van der Waals surface area contributed by atoms with Crippen molar-refractivity contribution in [3.63, 3.8) is 0 Å². The normalized spacial score (nSPS) is 15.5. The molecule has 0 aliphatic carbocycles. The van der Waals surface area contributed by atoms with Gasteiger partial charge in [0.25, 0.3) is 17.7 Å². The summed E-state index contributed by atoms with van der Waals surface area (Å²) >= 11 is 0. The number of fused-ring (bicyclic) bond motifs is 6. The highest BCUT2D eigenvalue weighted by molar-refractivity contribution is 7.90. The van der Waals surface area contributed by atoms with E-state index in [9.17, 15) is 22.8 Å². The van der Waals surface area contributed by atoms with E-state index >= 15 is 0 Å². The number of anilines is 9. The van der Waals surface area contributed by atoms with Crippen LogP contribution in [0.4, 0.5) is 51.7 Å². The number of pyridine rings is 6. The second-order valence-electron chi connectivity index (χ2n) is 24.6. The molecule has 8 aromatic heterocycles.